The number of benzene rings is 2. The molecule has 0 amide bonds. The monoisotopic (exact) mass is 283 g/mol. The van der Waals surface area contributed by atoms with E-state index in [1.807, 2.05) is 60.7 Å². The van der Waals surface area contributed by atoms with Crippen LogP contribution in [0, 0.1) is 5.41 Å². The van der Waals surface area contributed by atoms with Crippen LogP contribution in [-0.4, -0.2) is 11.9 Å². The molecule has 0 radical (unpaired) electrons. The highest BCUT2D eigenvalue weighted by atomic mass is 16.5. The van der Waals surface area contributed by atoms with E-state index < -0.39 is 5.97 Å². The van der Waals surface area contributed by atoms with Crippen molar-refractivity contribution in [3.05, 3.63) is 71.8 Å². The standard InChI is InChI=1S/C17H17NO3/c18-16(20-12-14-7-3-1-4-8-14)11-17(19)21-13-15-9-5-2-6-10-15/h1-10,18H,11-13H2. The van der Waals surface area contributed by atoms with Gasteiger partial charge in [-0.2, -0.15) is 0 Å². The molecule has 0 aliphatic carbocycles. The highest BCUT2D eigenvalue weighted by molar-refractivity contribution is 5.92. The topological polar surface area (TPSA) is 59.4 Å². The highest BCUT2D eigenvalue weighted by Gasteiger charge is 2.09. The van der Waals surface area contributed by atoms with Crippen LogP contribution in [0.1, 0.15) is 17.5 Å². The van der Waals surface area contributed by atoms with Crippen molar-refractivity contribution in [2.24, 2.45) is 0 Å². The van der Waals surface area contributed by atoms with Crippen molar-refractivity contribution < 1.29 is 14.3 Å². The third-order valence-electron chi connectivity index (χ3n) is 2.80. The SMILES string of the molecule is N=C(CC(=O)OCc1ccccc1)OCc1ccccc1. The van der Waals surface area contributed by atoms with E-state index >= 15 is 0 Å². The minimum atomic E-state index is -0.461. The van der Waals surface area contributed by atoms with Crippen molar-refractivity contribution in [2.75, 3.05) is 0 Å². The molecule has 108 valence electrons. The fourth-order valence-corrected chi connectivity index (χ4v) is 1.72. The van der Waals surface area contributed by atoms with Gasteiger partial charge in [-0.15, -0.1) is 0 Å². The van der Waals surface area contributed by atoms with E-state index in [2.05, 4.69) is 0 Å². The lowest BCUT2D eigenvalue weighted by molar-refractivity contribution is -0.143. The van der Waals surface area contributed by atoms with Crippen molar-refractivity contribution in [1.82, 2.24) is 0 Å². The average molecular weight is 283 g/mol. The van der Waals surface area contributed by atoms with Crippen LogP contribution in [0.15, 0.2) is 60.7 Å². The van der Waals surface area contributed by atoms with Crippen LogP contribution in [-0.2, 0) is 27.5 Å². The van der Waals surface area contributed by atoms with Gasteiger partial charge in [0.1, 0.15) is 19.6 Å². The molecular formula is C17H17NO3. The molecule has 0 atom stereocenters. The molecule has 0 saturated heterocycles. The van der Waals surface area contributed by atoms with Gasteiger partial charge in [-0.3, -0.25) is 10.2 Å². The molecule has 2 rings (SSSR count). The van der Waals surface area contributed by atoms with E-state index in [0.29, 0.717) is 0 Å². The normalized spacial score (nSPS) is 9.90. The number of hydrogen-bond acceptors (Lipinski definition) is 4. The summed E-state index contributed by atoms with van der Waals surface area (Å²) in [4.78, 5) is 11.6. The van der Waals surface area contributed by atoms with Gasteiger partial charge in [0.15, 0.2) is 5.90 Å². The van der Waals surface area contributed by atoms with Crippen molar-refractivity contribution in [3.8, 4) is 0 Å². The maximum Gasteiger partial charge on any atom is 0.315 e. The second kappa shape index (κ2) is 7.85. The zero-order chi connectivity index (χ0) is 14.9. The first kappa shape index (κ1) is 14.8. The predicted octanol–water partition coefficient (Wildman–Crippen LogP) is 3.31. The van der Waals surface area contributed by atoms with Gasteiger partial charge < -0.3 is 9.47 Å². The van der Waals surface area contributed by atoms with Crippen molar-refractivity contribution >= 4 is 11.9 Å². The zero-order valence-electron chi connectivity index (χ0n) is 11.6. The molecule has 0 unspecified atom stereocenters. The first-order chi connectivity index (χ1) is 10.2. The summed E-state index contributed by atoms with van der Waals surface area (Å²) in [6, 6.07) is 18.9. The molecule has 4 nitrogen and oxygen atoms in total. The Morgan fingerprint density at radius 2 is 1.29 bits per heavy atom. The molecule has 0 bridgehead atoms. The van der Waals surface area contributed by atoms with E-state index in [4.69, 9.17) is 14.9 Å². The van der Waals surface area contributed by atoms with Crippen LogP contribution in [0.5, 0.6) is 0 Å². The van der Waals surface area contributed by atoms with Gasteiger partial charge in [-0.1, -0.05) is 60.7 Å². The van der Waals surface area contributed by atoms with Gasteiger partial charge >= 0.3 is 5.97 Å². The fraction of sp³-hybridized carbons (Fsp3) is 0.176. The number of carbonyl (C=O) groups excluding carboxylic acids is 1. The largest absolute Gasteiger partial charge is 0.476 e. The third-order valence-corrected chi connectivity index (χ3v) is 2.80. The summed E-state index contributed by atoms with van der Waals surface area (Å²) in [5.74, 6) is -0.547. The summed E-state index contributed by atoms with van der Waals surface area (Å²) < 4.78 is 10.3. The fourth-order valence-electron chi connectivity index (χ4n) is 1.72. The van der Waals surface area contributed by atoms with Crippen LogP contribution in [0.3, 0.4) is 0 Å². The zero-order valence-corrected chi connectivity index (χ0v) is 11.6. The number of ether oxygens (including phenoxy) is 2. The Labute approximate surface area is 123 Å². The van der Waals surface area contributed by atoms with Crippen molar-refractivity contribution in [2.45, 2.75) is 19.6 Å². The Kier molecular flexibility index (Phi) is 5.52. The van der Waals surface area contributed by atoms with Crippen LogP contribution in [0.2, 0.25) is 0 Å². The lowest BCUT2D eigenvalue weighted by Gasteiger charge is -2.08. The van der Waals surface area contributed by atoms with Gasteiger partial charge in [0.05, 0.1) is 0 Å². The molecule has 4 heteroatoms. The van der Waals surface area contributed by atoms with E-state index in [1.165, 1.54) is 0 Å². The van der Waals surface area contributed by atoms with E-state index in [-0.39, 0.29) is 25.5 Å². The minimum absolute atomic E-state index is 0.0862. The summed E-state index contributed by atoms with van der Waals surface area (Å²) in [5, 5.41) is 7.63. The molecule has 0 fully saturated rings. The van der Waals surface area contributed by atoms with Gasteiger partial charge in [0, 0.05) is 0 Å². The maximum absolute atomic E-state index is 11.6. The van der Waals surface area contributed by atoms with Gasteiger partial charge in [-0.05, 0) is 11.1 Å². The van der Waals surface area contributed by atoms with Crippen LogP contribution in [0.25, 0.3) is 0 Å². The number of rotatable bonds is 6. The van der Waals surface area contributed by atoms with E-state index in [0.717, 1.165) is 11.1 Å². The van der Waals surface area contributed by atoms with Crippen molar-refractivity contribution in [3.63, 3.8) is 0 Å². The molecule has 0 aromatic heterocycles. The summed E-state index contributed by atoms with van der Waals surface area (Å²) >= 11 is 0. The summed E-state index contributed by atoms with van der Waals surface area (Å²) in [7, 11) is 0. The molecule has 0 aliphatic heterocycles. The van der Waals surface area contributed by atoms with Gasteiger partial charge in [0.25, 0.3) is 0 Å². The number of nitrogens with one attached hydrogen (secondary N) is 1. The molecule has 0 saturated carbocycles. The number of carbonyl (C=O) groups is 1. The molecule has 21 heavy (non-hydrogen) atoms. The third kappa shape index (κ3) is 5.48. The molecule has 0 heterocycles. The molecule has 0 aliphatic rings. The van der Waals surface area contributed by atoms with E-state index in [9.17, 15) is 4.79 Å². The van der Waals surface area contributed by atoms with Crippen LogP contribution in [0.4, 0.5) is 0 Å². The predicted molar refractivity (Wildman–Crippen MR) is 79.8 cm³/mol. The molecule has 2 aromatic carbocycles. The number of esters is 1. The first-order valence-corrected chi connectivity index (χ1v) is 6.68. The van der Waals surface area contributed by atoms with Gasteiger partial charge in [0.2, 0.25) is 0 Å². The average Bonchev–Trinajstić information content (AvgIpc) is 2.53. The lowest BCUT2D eigenvalue weighted by atomic mass is 10.2. The maximum atomic E-state index is 11.6. The lowest BCUT2D eigenvalue weighted by Crippen LogP contribution is -2.13. The first-order valence-electron chi connectivity index (χ1n) is 6.68. The highest BCUT2D eigenvalue weighted by Crippen LogP contribution is 2.04. The second-order valence-corrected chi connectivity index (χ2v) is 4.52. The summed E-state index contributed by atoms with van der Waals surface area (Å²) in [5.41, 5.74) is 1.88. The van der Waals surface area contributed by atoms with E-state index in [1.54, 1.807) is 0 Å². The molecular weight excluding hydrogens is 266 g/mol. The Morgan fingerprint density at radius 1 is 0.810 bits per heavy atom. The Bertz CT molecular complexity index is 528. The Hall–Kier alpha value is -2.62. The second-order valence-electron chi connectivity index (χ2n) is 4.52. The number of hydrogen-bond donors (Lipinski definition) is 1. The smallest absolute Gasteiger partial charge is 0.315 e. The van der Waals surface area contributed by atoms with Crippen molar-refractivity contribution in [1.29, 1.82) is 5.41 Å². The molecule has 0 spiro atoms. The molecule has 1 N–H and O–H groups in total. The Balaban J connectivity index is 1.69. The Morgan fingerprint density at radius 3 is 1.81 bits per heavy atom. The minimum Gasteiger partial charge on any atom is -0.476 e. The quantitative estimate of drug-likeness (QED) is 0.502. The molecule has 2 aromatic rings. The summed E-state index contributed by atoms with van der Waals surface area (Å²) in [6.07, 6.45) is -0.153. The van der Waals surface area contributed by atoms with Crippen LogP contribution < -0.4 is 0 Å². The van der Waals surface area contributed by atoms with Gasteiger partial charge in [-0.25, -0.2) is 0 Å². The van der Waals surface area contributed by atoms with Crippen LogP contribution >= 0.6 is 0 Å². The summed E-state index contributed by atoms with van der Waals surface area (Å²) in [6.45, 7) is 0.497.